The Kier molecular flexibility index (Phi) is 8.89. The minimum absolute atomic E-state index is 0.0435. The molecule has 0 saturated heterocycles. The van der Waals surface area contributed by atoms with E-state index in [-0.39, 0.29) is 30.5 Å². The molecule has 43 heavy (non-hydrogen) atoms. The van der Waals surface area contributed by atoms with Crippen molar-refractivity contribution in [2.75, 3.05) is 21.3 Å². The van der Waals surface area contributed by atoms with Gasteiger partial charge in [-0.25, -0.2) is 4.79 Å². The summed E-state index contributed by atoms with van der Waals surface area (Å²) < 4.78 is 23.6. The number of nitrogens with zero attached hydrogens (tertiary/aromatic N) is 3. The molecule has 5 aromatic rings. The highest BCUT2D eigenvalue weighted by Crippen LogP contribution is 2.42. The third kappa shape index (κ3) is 6.01. The Labute approximate surface area is 252 Å². The molecule has 2 aromatic carbocycles. The van der Waals surface area contributed by atoms with Crippen molar-refractivity contribution in [3.05, 3.63) is 111 Å². The number of carbonyl (C=O) groups is 1. The first-order chi connectivity index (χ1) is 20.9. The standard InChI is InChI=1S/C32H28ClN3O7/c1-40-26-13-20(14-27(41-2)29(26)33)28-24-8-7-23(43-18-22-6-4-5-21(17-37)35-22)15-25(24)31(38)36(30(28)32(39)42-3)16-19-9-11-34-12-10-19/h4-15,37H,16-18H2,1-3H3. The highest BCUT2D eigenvalue weighted by molar-refractivity contribution is 6.33. The lowest BCUT2D eigenvalue weighted by atomic mass is 9.95. The number of carbonyl (C=O) groups excluding carboxylic acids is 1. The molecular weight excluding hydrogens is 574 g/mol. The van der Waals surface area contributed by atoms with Crippen molar-refractivity contribution in [1.82, 2.24) is 14.5 Å². The van der Waals surface area contributed by atoms with E-state index in [0.29, 0.717) is 50.5 Å². The molecule has 3 aromatic heterocycles. The van der Waals surface area contributed by atoms with Crippen LogP contribution in [0, 0.1) is 0 Å². The van der Waals surface area contributed by atoms with E-state index in [0.717, 1.165) is 5.56 Å². The van der Waals surface area contributed by atoms with Crippen LogP contribution in [0.25, 0.3) is 21.9 Å². The predicted octanol–water partition coefficient (Wildman–Crippen LogP) is 5.04. The van der Waals surface area contributed by atoms with Gasteiger partial charge in [0, 0.05) is 18.0 Å². The molecule has 0 radical (unpaired) electrons. The first-order valence-electron chi connectivity index (χ1n) is 13.2. The van der Waals surface area contributed by atoms with Crippen LogP contribution in [0.1, 0.15) is 27.4 Å². The van der Waals surface area contributed by atoms with E-state index in [2.05, 4.69) is 9.97 Å². The van der Waals surface area contributed by atoms with Gasteiger partial charge in [0.1, 0.15) is 34.6 Å². The van der Waals surface area contributed by atoms with Gasteiger partial charge in [0.25, 0.3) is 5.56 Å². The summed E-state index contributed by atoms with van der Waals surface area (Å²) in [6, 6.07) is 17.2. The maximum Gasteiger partial charge on any atom is 0.355 e. The number of halogens is 1. The predicted molar refractivity (Wildman–Crippen MR) is 161 cm³/mol. The number of benzene rings is 2. The first-order valence-corrected chi connectivity index (χ1v) is 13.5. The molecule has 0 fully saturated rings. The van der Waals surface area contributed by atoms with Gasteiger partial charge in [0.05, 0.1) is 51.3 Å². The third-order valence-corrected chi connectivity index (χ3v) is 7.23. The van der Waals surface area contributed by atoms with Crippen LogP contribution in [0.4, 0.5) is 0 Å². The average molecular weight is 602 g/mol. The number of aliphatic hydroxyl groups is 1. The second-order valence-electron chi connectivity index (χ2n) is 9.43. The minimum Gasteiger partial charge on any atom is -0.495 e. The Morgan fingerprint density at radius 2 is 1.63 bits per heavy atom. The normalized spacial score (nSPS) is 10.9. The molecule has 0 amide bonds. The van der Waals surface area contributed by atoms with Crippen LogP contribution in [0.3, 0.4) is 0 Å². The van der Waals surface area contributed by atoms with Gasteiger partial charge in [-0.3, -0.25) is 19.3 Å². The molecule has 0 aliphatic rings. The highest BCUT2D eigenvalue weighted by Gasteiger charge is 2.26. The molecule has 0 unspecified atom stereocenters. The van der Waals surface area contributed by atoms with Crippen LogP contribution < -0.4 is 19.8 Å². The van der Waals surface area contributed by atoms with Gasteiger partial charge >= 0.3 is 5.97 Å². The number of hydrogen-bond donors (Lipinski definition) is 1. The fraction of sp³-hybridized carbons (Fsp3) is 0.188. The largest absolute Gasteiger partial charge is 0.495 e. The Balaban J connectivity index is 1.76. The summed E-state index contributed by atoms with van der Waals surface area (Å²) in [7, 11) is 4.21. The molecule has 0 atom stereocenters. The van der Waals surface area contributed by atoms with Gasteiger partial charge in [0.2, 0.25) is 0 Å². The van der Waals surface area contributed by atoms with Crippen LogP contribution in [-0.2, 0) is 24.5 Å². The van der Waals surface area contributed by atoms with Gasteiger partial charge in [0.15, 0.2) is 0 Å². The van der Waals surface area contributed by atoms with Crippen molar-refractivity contribution in [3.63, 3.8) is 0 Å². The zero-order chi connectivity index (χ0) is 30.5. The zero-order valence-corrected chi connectivity index (χ0v) is 24.4. The number of hydrogen-bond acceptors (Lipinski definition) is 9. The summed E-state index contributed by atoms with van der Waals surface area (Å²) in [6.07, 6.45) is 3.22. The summed E-state index contributed by atoms with van der Waals surface area (Å²) in [5.74, 6) is 0.360. The number of pyridine rings is 3. The van der Waals surface area contributed by atoms with Crippen molar-refractivity contribution in [1.29, 1.82) is 0 Å². The number of esters is 1. The van der Waals surface area contributed by atoms with Crippen LogP contribution in [-0.4, -0.2) is 46.9 Å². The minimum atomic E-state index is -0.703. The third-order valence-electron chi connectivity index (χ3n) is 6.86. The number of aliphatic hydroxyl groups excluding tert-OH is 1. The molecule has 10 nitrogen and oxygen atoms in total. The van der Waals surface area contributed by atoms with Crippen molar-refractivity contribution in [3.8, 4) is 28.4 Å². The zero-order valence-electron chi connectivity index (χ0n) is 23.7. The Morgan fingerprint density at radius 3 is 2.28 bits per heavy atom. The molecule has 0 aliphatic carbocycles. The average Bonchev–Trinajstić information content (AvgIpc) is 3.05. The Bertz CT molecular complexity index is 1830. The monoisotopic (exact) mass is 601 g/mol. The first kappa shape index (κ1) is 29.6. The molecule has 0 spiro atoms. The molecule has 1 N–H and O–H groups in total. The van der Waals surface area contributed by atoms with Crippen molar-refractivity contribution in [2.45, 2.75) is 19.8 Å². The quantitative estimate of drug-likeness (QED) is 0.219. The number of rotatable bonds is 10. The van der Waals surface area contributed by atoms with E-state index in [9.17, 15) is 14.7 Å². The Morgan fingerprint density at radius 1 is 0.930 bits per heavy atom. The topological polar surface area (TPSA) is 122 Å². The van der Waals surface area contributed by atoms with Crippen LogP contribution in [0.15, 0.2) is 77.9 Å². The Hall–Kier alpha value is -4.93. The molecule has 220 valence electrons. The van der Waals surface area contributed by atoms with Gasteiger partial charge in [-0.15, -0.1) is 0 Å². The summed E-state index contributed by atoms with van der Waals surface area (Å²) in [5, 5.41) is 10.5. The van der Waals surface area contributed by atoms with Gasteiger partial charge in [-0.1, -0.05) is 17.7 Å². The highest BCUT2D eigenvalue weighted by atomic mass is 35.5. The van der Waals surface area contributed by atoms with Crippen LogP contribution >= 0.6 is 11.6 Å². The van der Waals surface area contributed by atoms with E-state index >= 15 is 0 Å². The van der Waals surface area contributed by atoms with Crippen molar-refractivity contribution in [2.24, 2.45) is 0 Å². The summed E-state index contributed by atoms with van der Waals surface area (Å²) in [4.78, 5) is 36.0. The number of aromatic nitrogens is 3. The molecule has 11 heteroatoms. The molecule has 5 rings (SSSR count). The van der Waals surface area contributed by atoms with E-state index in [1.165, 1.54) is 25.9 Å². The van der Waals surface area contributed by atoms with Gasteiger partial charge in [-0.05, 0) is 71.1 Å². The summed E-state index contributed by atoms with van der Waals surface area (Å²) in [6.45, 7) is -0.00478. The second-order valence-corrected chi connectivity index (χ2v) is 9.81. The maximum absolute atomic E-state index is 14.1. The molecule has 0 saturated carbocycles. The molecule has 3 heterocycles. The van der Waals surface area contributed by atoms with E-state index in [1.54, 1.807) is 73.1 Å². The maximum atomic E-state index is 14.1. The number of ether oxygens (including phenoxy) is 4. The fourth-order valence-electron chi connectivity index (χ4n) is 4.81. The van der Waals surface area contributed by atoms with Gasteiger partial charge in [-0.2, -0.15) is 0 Å². The number of fused-ring (bicyclic) bond motifs is 1. The molecule has 0 aliphatic heterocycles. The number of methoxy groups -OCH3 is 3. The van der Waals surface area contributed by atoms with Crippen molar-refractivity contribution < 1.29 is 28.8 Å². The second kappa shape index (κ2) is 12.9. The molecule has 0 bridgehead atoms. The van der Waals surface area contributed by atoms with Crippen LogP contribution in [0.2, 0.25) is 5.02 Å². The van der Waals surface area contributed by atoms with Gasteiger partial charge < -0.3 is 24.1 Å². The summed E-state index contributed by atoms with van der Waals surface area (Å²) >= 11 is 6.47. The van der Waals surface area contributed by atoms with Crippen LogP contribution in [0.5, 0.6) is 17.2 Å². The van der Waals surface area contributed by atoms with Crippen molar-refractivity contribution >= 4 is 28.3 Å². The fourth-order valence-corrected chi connectivity index (χ4v) is 5.07. The molecular formula is C32H28ClN3O7. The SMILES string of the molecule is COC(=O)c1c(-c2cc(OC)c(Cl)c(OC)c2)c2ccc(OCc3cccc(CO)n3)cc2c(=O)n1Cc1ccncc1. The lowest BCUT2D eigenvalue weighted by Crippen LogP contribution is -2.28. The van der Waals surface area contributed by atoms with E-state index in [1.807, 2.05) is 0 Å². The lowest BCUT2D eigenvalue weighted by molar-refractivity contribution is 0.0588. The van der Waals surface area contributed by atoms with E-state index < -0.39 is 11.5 Å². The smallest absolute Gasteiger partial charge is 0.355 e. The lowest BCUT2D eigenvalue weighted by Gasteiger charge is -2.20. The summed E-state index contributed by atoms with van der Waals surface area (Å²) in [5.41, 5.74) is 2.45. The van der Waals surface area contributed by atoms with E-state index in [4.69, 9.17) is 30.5 Å².